The number of ketones is 1. The minimum absolute atomic E-state index is 0.123. The van der Waals surface area contributed by atoms with Crippen LogP contribution < -0.4 is 0 Å². The van der Waals surface area contributed by atoms with Crippen molar-refractivity contribution in [2.75, 3.05) is 0 Å². The topological polar surface area (TPSA) is 43.4 Å². The first kappa shape index (κ1) is 8.45. The molecule has 3 nitrogen and oxygen atoms in total. The Balaban J connectivity index is 2.16. The molecule has 3 fully saturated rings. The molecule has 1 aliphatic heterocycles. The molecule has 3 heteroatoms. The third-order valence-corrected chi connectivity index (χ3v) is 4.53. The van der Waals surface area contributed by atoms with Gasteiger partial charge in [0.2, 0.25) is 0 Å². The summed E-state index contributed by atoms with van der Waals surface area (Å²) in [4.78, 5) is 23.6. The zero-order valence-electron chi connectivity index (χ0n) is 8.34. The van der Waals surface area contributed by atoms with Crippen molar-refractivity contribution in [3.63, 3.8) is 0 Å². The second-order valence-corrected chi connectivity index (χ2v) is 4.99. The maximum absolute atomic E-state index is 12.0. The van der Waals surface area contributed by atoms with Gasteiger partial charge in [-0.25, -0.2) is 0 Å². The van der Waals surface area contributed by atoms with Gasteiger partial charge >= 0.3 is 5.97 Å². The first-order chi connectivity index (χ1) is 6.60. The van der Waals surface area contributed by atoms with E-state index in [1.165, 1.54) is 0 Å². The van der Waals surface area contributed by atoms with Crippen molar-refractivity contribution in [2.24, 2.45) is 11.3 Å². The van der Waals surface area contributed by atoms with E-state index in [2.05, 4.69) is 0 Å². The average molecular weight is 194 g/mol. The normalized spacial score (nSPS) is 50.5. The highest BCUT2D eigenvalue weighted by atomic mass is 16.6. The summed E-state index contributed by atoms with van der Waals surface area (Å²) in [5.74, 6) is 0.0184. The second-order valence-electron chi connectivity index (χ2n) is 4.99. The Labute approximate surface area is 82.8 Å². The van der Waals surface area contributed by atoms with Crippen LogP contribution in [0, 0.1) is 11.3 Å². The summed E-state index contributed by atoms with van der Waals surface area (Å²) in [6, 6.07) is 0. The van der Waals surface area contributed by atoms with Gasteiger partial charge in [-0.3, -0.25) is 9.59 Å². The Kier molecular flexibility index (Phi) is 1.33. The first-order valence-corrected chi connectivity index (χ1v) is 5.36. The van der Waals surface area contributed by atoms with Crippen molar-refractivity contribution >= 4 is 11.8 Å². The van der Waals surface area contributed by atoms with Gasteiger partial charge in [-0.2, -0.15) is 0 Å². The standard InChI is InChI=1S/C11H14O3/c1-10-6-4-7(9(13)14-10)11(10)5-2-3-8(11)12/h7H,2-6H2,1H3/t7-,10-,11+/m1/s1. The fourth-order valence-electron chi connectivity index (χ4n) is 3.83. The van der Waals surface area contributed by atoms with Crippen LogP contribution in [0.5, 0.6) is 0 Å². The molecule has 0 amide bonds. The summed E-state index contributed by atoms with van der Waals surface area (Å²) in [6.45, 7) is 1.95. The van der Waals surface area contributed by atoms with Gasteiger partial charge in [-0.05, 0) is 32.6 Å². The molecule has 0 aromatic rings. The van der Waals surface area contributed by atoms with Gasteiger partial charge < -0.3 is 4.74 Å². The van der Waals surface area contributed by atoms with Crippen LogP contribution >= 0.6 is 0 Å². The summed E-state index contributed by atoms with van der Waals surface area (Å²) in [6.07, 6.45) is 4.15. The average Bonchev–Trinajstić information content (AvgIpc) is 2.66. The summed E-state index contributed by atoms with van der Waals surface area (Å²) >= 11 is 0. The van der Waals surface area contributed by atoms with Crippen molar-refractivity contribution in [2.45, 2.75) is 44.6 Å². The van der Waals surface area contributed by atoms with E-state index in [1.807, 2.05) is 6.92 Å². The number of rotatable bonds is 0. The summed E-state index contributed by atoms with van der Waals surface area (Å²) in [5.41, 5.74) is -0.896. The Hall–Kier alpha value is -0.860. The lowest BCUT2D eigenvalue weighted by Crippen LogP contribution is -2.43. The number of carbonyl (C=O) groups excluding carboxylic acids is 2. The van der Waals surface area contributed by atoms with Crippen molar-refractivity contribution in [1.29, 1.82) is 0 Å². The molecular formula is C11H14O3. The molecule has 1 heterocycles. The fraction of sp³-hybridized carbons (Fsp3) is 0.818. The molecule has 14 heavy (non-hydrogen) atoms. The van der Waals surface area contributed by atoms with E-state index >= 15 is 0 Å². The van der Waals surface area contributed by atoms with Crippen LogP contribution in [0.2, 0.25) is 0 Å². The maximum Gasteiger partial charge on any atom is 0.310 e. The quantitative estimate of drug-likeness (QED) is 0.548. The lowest BCUT2D eigenvalue weighted by molar-refractivity contribution is -0.155. The van der Waals surface area contributed by atoms with E-state index in [-0.39, 0.29) is 17.7 Å². The maximum atomic E-state index is 12.0. The first-order valence-electron chi connectivity index (χ1n) is 5.36. The molecule has 3 aliphatic rings. The molecule has 3 rings (SSSR count). The van der Waals surface area contributed by atoms with Crippen LogP contribution in [-0.2, 0) is 14.3 Å². The van der Waals surface area contributed by atoms with Gasteiger partial charge in [-0.1, -0.05) is 0 Å². The van der Waals surface area contributed by atoms with Crippen LogP contribution in [0.1, 0.15) is 39.0 Å². The summed E-state index contributed by atoms with van der Waals surface area (Å²) in [7, 11) is 0. The SMILES string of the molecule is C[C@]12CC[C@H](C(=O)O1)[C@]21CCCC1=O. The van der Waals surface area contributed by atoms with E-state index in [1.54, 1.807) is 0 Å². The van der Waals surface area contributed by atoms with Gasteiger partial charge in [0.05, 0.1) is 11.3 Å². The molecule has 0 aromatic heterocycles. The zero-order valence-corrected chi connectivity index (χ0v) is 8.34. The van der Waals surface area contributed by atoms with Gasteiger partial charge in [0.15, 0.2) is 0 Å². The molecule has 0 radical (unpaired) electrons. The van der Waals surface area contributed by atoms with Crippen LogP contribution in [0.25, 0.3) is 0 Å². The van der Waals surface area contributed by atoms with Crippen LogP contribution in [-0.4, -0.2) is 17.4 Å². The highest BCUT2D eigenvalue weighted by molar-refractivity contribution is 5.96. The van der Waals surface area contributed by atoms with Crippen molar-refractivity contribution < 1.29 is 14.3 Å². The fourth-order valence-corrected chi connectivity index (χ4v) is 3.83. The molecule has 3 atom stereocenters. The molecule has 2 saturated carbocycles. The molecule has 76 valence electrons. The van der Waals surface area contributed by atoms with Crippen molar-refractivity contribution in [3.8, 4) is 0 Å². The molecular weight excluding hydrogens is 180 g/mol. The van der Waals surface area contributed by atoms with E-state index in [0.717, 1.165) is 25.7 Å². The number of hydrogen-bond donors (Lipinski definition) is 0. The van der Waals surface area contributed by atoms with E-state index in [9.17, 15) is 9.59 Å². The van der Waals surface area contributed by atoms with Gasteiger partial charge in [0.25, 0.3) is 0 Å². The smallest absolute Gasteiger partial charge is 0.310 e. The predicted octanol–water partition coefficient (Wildman–Crippen LogP) is 1.45. The van der Waals surface area contributed by atoms with Crippen molar-refractivity contribution in [1.82, 2.24) is 0 Å². The number of carbonyl (C=O) groups is 2. The third-order valence-electron chi connectivity index (χ3n) is 4.53. The lowest BCUT2D eigenvalue weighted by Gasteiger charge is -2.32. The minimum Gasteiger partial charge on any atom is -0.458 e. The summed E-state index contributed by atoms with van der Waals surface area (Å²) in [5, 5.41) is 0. The van der Waals surface area contributed by atoms with Gasteiger partial charge in [0, 0.05) is 6.42 Å². The van der Waals surface area contributed by atoms with E-state index < -0.39 is 11.0 Å². The number of hydrogen-bond acceptors (Lipinski definition) is 3. The van der Waals surface area contributed by atoms with Crippen LogP contribution in [0.4, 0.5) is 0 Å². The Morgan fingerprint density at radius 2 is 2.14 bits per heavy atom. The predicted molar refractivity (Wildman–Crippen MR) is 48.5 cm³/mol. The molecule has 2 bridgehead atoms. The van der Waals surface area contributed by atoms with Crippen LogP contribution in [0.3, 0.4) is 0 Å². The Morgan fingerprint density at radius 1 is 1.36 bits per heavy atom. The monoisotopic (exact) mass is 194 g/mol. The highest BCUT2D eigenvalue weighted by Crippen LogP contribution is 2.63. The van der Waals surface area contributed by atoms with Crippen LogP contribution in [0.15, 0.2) is 0 Å². The molecule has 2 aliphatic carbocycles. The van der Waals surface area contributed by atoms with Gasteiger partial charge in [-0.15, -0.1) is 0 Å². The highest BCUT2D eigenvalue weighted by Gasteiger charge is 2.72. The number of Topliss-reactive ketones (excluding diaryl/α,β-unsaturated/α-hetero) is 1. The van der Waals surface area contributed by atoms with Crippen molar-refractivity contribution in [3.05, 3.63) is 0 Å². The van der Waals surface area contributed by atoms with Gasteiger partial charge in [0.1, 0.15) is 11.4 Å². The Bertz CT molecular complexity index is 335. The number of esters is 1. The number of ether oxygens (including phenoxy) is 1. The summed E-state index contributed by atoms with van der Waals surface area (Å²) < 4.78 is 5.40. The zero-order chi connectivity index (χ0) is 9.97. The van der Waals surface area contributed by atoms with E-state index in [0.29, 0.717) is 6.42 Å². The molecule has 0 unspecified atom stereocenters. The third kappa shape index (κ3) is 0.645. The molecule has 0 aromatic carbocycles. The molecule has 0 N–H and O–H groups in total. The second kappa shape index (κ2) is 2.20. The minimum atomic E-state index is -0.470. The largest absolute Gasteiger partial charge is 0.458 e. The van der Waals surface area contributed by atoms with E-state index in [4.69, 9.17) is 4.74 Å². The molecule has 1 saturated heterocycles. The molecule has 1 spiro atoms. The lowest BCUT2D eigenvalue weighted by atomic mass is 9.70. The Morgan fingerprint density at radius 3 is 2.57 bits per heavy atom.